The Labute approximate surface area is 127 Å². The summed E-state index contributed by atoms with van der Waals surface area (Å²) >= 11 is 12.3. The highest BCUT2D eigenvalue weighted by atomic mass is 35.5. The van der Waals surface area contributed by atoms with Gasteiger partial charge >= 0.3 is 0 Å². The van der Waals surface area contributed by atoms with Crippen molar-refractivity contribution in [2.75, 3.05) is 26.7 Å². The topological polar surface area (TPSA) is 15.3 Å². The SMILES string of the molecule is CCN(CC)CCC(Cc1cccc(Cl)c1Cl)NC. The number of hydrogen-bond donors (Lipinski definition) is 1. The molecule has 1 atom stereocenters. The van der Waals surface area contributed by atoms with Crippen molar-refractivity contribution in [1.82, 2.24) is 10.2 Å². The van der Waals surface area contributed by atoms with E-state index in [-0.39, 0.29) is 0 Å². The van der Waals surface area contributed by atoms with Crippen LogP contribution >= 0.6 is 23.2 Å². The third-order valence-electron chi connectivity index (χ3n) is 3.59. The van der Waals surface area contributed by atoms with Gasteiger partial charge in [0, 0.05) is 6.04 Å². The van der Waals surface area contributed by atoms with E-state index in [0.717, 1.165) is 38.0 Å². The van der Waals surface area contributed by atoms with Gasteiger partial charge in [0.15, 0.2) is 0 Å². The molecule has 0 fully saturated rings. The van der Waals surface area contributed by atoms with Crippen LogP contribution in [0.5, 0.6) is 0 Å². The van der Waals surface area contributed by atoms with E-state index in [2.05, 4.69) is 30.1 Å². The number of rotatable bonds is 8. The molecule has 0 heterocycles. The number of nitrogens with one attached hydrogen (secondary N) is 1. The van der Waals surface area contributed by atoms with Gasteiger partial charge in [0.1, 0.15) is 0 Å². The summed E-state index contributed by atoms with van der Waals surface area (Å²) in [7, 11) is 2.01. The van der Waals surface area contributed by atoms with Gasteiger partial charge in [-0.2, -0.15) is 0 Å². The number of likely N-dealkylation sites (N-methyl/N-ethyl adjacent to an activating group) is 1. The fourth-order valence-electron chi connectivity index (χ4n) is 2.20. The molecule has 1 aromatic carbocycles. The van der Waals surface area contributed by atoms with Crippen LogP contribution in [-0.4, -0.2) is 37.6 Å². The molecule has 0 spiro atoms. The maximum atomic E-state index is 6.24. The van der Waals surface area contributed by atoms with Crippen LogP contribution < -0.4 is 5.32 Å². The minimum absolute atomic E-state index is 0.427. The number of hydrogen-bond acceptors (Lipinski definition) is 2. The maximum absolute atomic E-state index is 6.24. The van der Waals surface area contributed by atoms with Gasteiger partial charge in [0.05, 0.1) is 10.0 Å². The second-order valence-electron chi connectivity index (χ2n) is 4.72. The van der Waals surface area contributed by atoms with Gasteiger partial charge in [-0.05, 0) is 51.2 Å². The summed E-state index contributed by atoms with van der Waals surface area (Å²) in [4.78, 5) is 2.43. The molecule has 0 aliphatic rings. The fraction of sp³-hybridized carbons (Fsp3) is 0.600. The lowest BCUT2D eigenvalue weighted by molar-refractivity contribution is 0.283. The van der Waals surface area contributed by atoms with Crippen molar-refractivity contribution in [3.8, 4) is 0 Å². The van der Waals surface area contributed by atoms with Crippen molar-refractivity contribution in [2.24, 2.45) is 0 Å². The van der Waals surface area contributed by atoms with Gasteiger partial charge in [-0.25, -0.2) is 0 Å². The summed E-state index contributed by atoms with van der Waals surface area (Å²) in [5, 5.41) is 4.70. The smallest absolute Gasteiger partial charge is 0.0624 e. The average Bonchev–Trinajstić information content (AvgIpc) is 2.43. The van der Waals surface area contributed by atoms with E-state index < -0.39 is 0 Å². The second-order valence-corrected chi connectivity index (χ2v) is 5.50. The maximum Gasteiger partial charge on any atom is 0.0624 e. The zero-order valence-corrected chi connectivity index (χ0v) is 13.6. The third kappa shape index (κ3) is 5.31. The van der Waals surface area contributed by atoms with Gasteiger partial charge in [-0.15, -0.1) is 0 Å². The fourth-order valence-corrected chi connectivity index (χ4v) is 2.60. The monoisotopic (exact) mass is 302 g/mol. The van der Waals surface area contributed by atoms with E-state index in [1.807, 2.05) is 19.2 Å². The summed E-state index contributed by atoms with van der Waals surface area (Å²) in [5.74, 6) is 0. The normalized spacial score (nSPS) is 12.9. The van der Waals surface area contributed by atoms with Gasteiger partial charge in [-0.1, -0.05) is 49.2 Å². The van der Waals surface area contributed by atoms with E-state index in [9.17, 15) is 0 Å². The van der Waals surface area contributed by atoms with Gasteiger partial charge in [0.25, 0.3) is 0 Å². The van der Waals surface area contributed by atoms with Crippen LogP contribution in [-0.2, 0) is 6.42 Å². The zero-order chi connectivity index (χ0) is 14.3. The highest BCUT2D eigenvalue weighted by Gasteiger charge is 2.12. The highest BCUT2D eigenvalue weighted by molar-refractivity contribution is 6.42. The molecule has 0 radical (unpaired) electrons. The molecule has 0 aliphatic heterocycles. The van der Waals surface area contributed by atoms with E-state index in [4.69, 9.17) is 23.2 Å². The predicted molar refractivity (Wildman–Crippen MR) is 85.4 cm³/mol. The molecule has 0 aliphatic carbocycles. The summed E-state index contributed by atoms with van der Waals surface area (Å²) < 4.78 is 0. The van der Waals surface area contributed by atoms with Gasteiger partial charge < -0.3 is 10.2 Å². The first-order chi connectivity index (χ1) is 9.12. The Balaban J connectivity index is 2.59. The lowest BCUT2D eigenvalue weighted by atomic mass is 10.0. The molecule has 2 nitrogen and oxygen atoms in total. The van der Waals surface area contributed by atoms with Crippen molar-refractivity contribution < 1.29 is 0 Å². The van der Waals surface area contributed by atoms with E-state index in [1.165, 1.54) is 0 Å². The zero-order valence-electron chi connectivity index (χ0n) is 12.0. The van der Waals surface area contributed by atoms with Crippen molar-refractivity contribution in [3.05, 3.63) is 33.8 Å². The molecule has 0 saturated heterocycles. The molecule has 1 N–H and O–H groups in total. The Hall–Kier alpha value is -0.280. The van der Waals surface area contributed by atoms with Crippen molar-refractivity contribution in [3.63, 3.8) is 0 Å². The number of nitrogens with zero attached hydrogens (tertiary/aromatic N) is 1. The first-order valence-corrected chi connectivity index (χ1v) is 7.70. The molecule has 108 valence electrons. The van der Waals surface area contributed by atoms with Crippen molar-refractivity contribution >= 4 is 23.2 Å². The van der Waals surface area contributed by atoms with Crippen LogP contribution in [0.1, 0.15) is 25.8 Å². The summed E-state index contributed by atoms with van der Waals surface area (Å²) in [6.07, 6.45) is 2.03. The minimum atomic E-state index is 0.427. The summed E-state index contributed by atoms with van der Waals surface area (Å²) in [6.45, 7) is 7.71. The molecule has 1 rings (SSSR count). The van der Waals surface area contributed by atoms with Crippen molar-refractivity contribution in [2.45, 2.75) is 32.7 Å². The standard InChI is InChI=1S/C15H24Cl2N2/c1-4-19(5-2)10-9-13(18-3)11-12-7-6-8-14(16)15(12)17/h6-8,13,18H,4-5,9-11H2,1-3H3. The van der Waals surface area contributed by atoms with E-state index in [1.54, 1.807) is 0 Å². The van der Waals surface area contributed by atoms with Crippen LogP contribution in [0.25, 0.3) is 0 Å². The number of halogens is 2. The van der Waals surface area contributed by atoms with Gasteiger partial charge in [-0.3, -0.25) is 0 Å². The Morgan fingerprint density at radius 3 is 2.47 bits per heavy atom. The second kappa shape index (κ2) is 8.80. The predicted octanol–water partition coefficient (Wildman–Crippen LogP) is 3.86. The Kier molecular flexibility index (Phi) is 7.77. The summed E-state index contributed by atoms with van der Waals surface area (Å²) in [5.41, 5.74) is 1.12. The Bertz CT molecular complexity index is 378. The molecule has 19 heavy (non-hydrogen) atoms. The summed E-state index contributed by atoms with van der Waals surface area (Å²) in [6, 6.07) is 6.27. The van der Waals surface area contributed by atoms with Crippen LogP contribution in [0.4, 0.5) is 0 Å². The largest absolute Gasteiger partial charge is 0.317 e. The van der Waals surface area contributed by atoms with E-state index >= 15 is 0 Å². The van der Waals surface area contributed by atoms with Crippen LogP contribution in [0.3, 0.4) is 0 Å². The molecule has 1 unspecified atom stereocenters. The van der Waals surface area contributed by atoms with Crippen LogP contribution in [0.15, 0.2) is 18.2 Å². The molecule has 4 heteroatoms. The molecule has 0 aromatic heterocycles. The molecule has 0 saturated carbocycles. The molecular formula is C15H24Cl2N2. The first-order valence-electron chi connectivity index (χ1n) is 6.94. The third-order valence-corrected chi connectivity index (χ3v) is 4.45. The molecule has 1 aromatic rings. The minimum Gasteiger partial charge on any atom is -0.317 e. The Morgan fingerprint density at radius 2 is 1.89 bits per heavy atom. The molecule has 0 amide bonds. The lowest BCUT2D eigenvalue weighted by Crippen LogP contribution is -2.34. The van der Waals surface area contributed by atoms with E-state index in [0.29, 0.717) is 16.1 Å². The molecular weight excluding hydrogens is 279 g/mol. The number of benzene rings is 1. The molecule has 0 bridgehead atoms. The average molecular weight is 303 g/mol. The lowest BCUT2D eigenvalue weighted by Gasteiger charge is -2.23. The van der Waals surface area contributed by atoms with Crippen LogP contribution in [0.2, 0.25) is 10.0 Å². The highest BCUT2D eigenvalue weighted by Crippen LogP contribution is 2.26. The first kappa shape index (κ1) is 16.8. The van der Waals surface area contributed by atoms with Crippen molar-refractivity contribution in [1.29, 1.82) is 0 Å². The van der Waals surface area contributed by atoms with Crippen LogP contribution in [0, 0.1) is 0 Å². The Morgan fingerprint density at radius 1 is 1.21 bits per heavy atom. The quantitative estimate of drug-likeness (QED) is 0.784. The van der Waals surface area contributed by atoms with Gasteiger partial charge in [0.2, 0.25) is 0 Å².